The number of hydrogen-bond donors (Lipinski definition) is 8. The first-order valence-corrected chi connectivity index (χ1v) is 12.3. The van der Waals surface area contributed by atoms with Gasteiger partial charge in [0.25, 0.3) is 0 Å². The molecule has 6 atom stereocenters. The first-order chi connectivity index (χ1) is 19.2. The minimum Gasteiger partial charge on any atom is -0.508 e. The van der Waals surface area contributed by atoms with Crippen molar-refractivity contribution in [1.82, 2.24) is 0 Å². The molecule has 41 heavy (non-hydrogen) atoms. The van der Waals surface area contributed by atoms with Gasteiger partial charge in [-0.15, -0.1) is 0 Å². The lowest BCUT2D eigenvalue weighted by atomic mass is 9.89. The quantitative estimate of drug-likeness (QED) is 0.168. The summed E-state index contributed by atoms with van der Waals surface area (Å²) in [6, 6.07) is 7.41. The summed E-state index contributed by atoms with van der Waals surface area (Å²) in [5.41, 5.74) is -3.12. The average molecular weight is 577 g/mol. The predicted molar refractivity (Wildman–Crippen MR) is 137 cm³/mol. The van der Waals surface area contributed by atoms with Crippen molar-refractivity contribution in [2.24, 2.45) is 0 Å². The zero-order chi connectivity index (χ0) is 30.2. The minimum atomic E-state index is -1.93. The lowest BCUT2D eigenvalue weighted by molar-refractivity contribution is -0.235. The molecule has 0 saturated carbocycles. The van der Waals surface area contributed by atoms with Crippen LogP contribution < -0.4 is 5.43 Å². The largest absolute Gasteiger partial charge is 0.508 e. The lowest BCUT2D eigenvalue weighted by Gasteiger charge is -2.40. The van der Waals surface area contributed by atoms with E-state index in [-0.39, 0.29) is 22.5 Å². The van der Waals surface area contributed by atoms with Crippen LogP contribution in [0.3, 0.4) is 0 Å². The summed E-state index contributed by atoms with van der Waals surface area (Å²) in [7, 11) is 0. The normalized spacial score (nSPS) is 24.1. The van der Waals surface area contributed by atoms with Crippen LogP contribution in [0.25, 0.3) is 22.3 Å². The number of rotatable bonds is 8. The molecule has 1 aliphatic rings. The second kappa shape index (κ2) is 11.3. The van der Waals surface area contributed by atoms with Gasteiger partial charge in [-0.2, -0.15) is 0 Å². The first kappa shape index (κ1) is 29.8. The third-order valence-corrected chi connectivity index (χ3v) is 6.61. The van der Waals surface area contributed by atoms with Crippen molar-refractivity contribution in [2.45, 2.75) is 55.9 Å². The number of hydrogen-bond acceptors (Lipinski definition) is 13. The van der Waals surface area contributed by atoms with E-state index in [9.17, 15) is 50.1 Å². The zero-order valence-electron chi connectivity index (χ0n) is 21.5. The molecule has 1 saturated heterocycles. The third-order valence-electron chi connectivity index (χ3n) is 6.61. The van der Waals surface area contributed by atoms with Gasteiger partial charge in [0.2, 0.25) is 0 Å². The van der Waals surface area contributed by atoms with Crippen molar-refractivity contribution in [2.75, 3.05) is 6.61 Å². The Morgan fingerprint density at radius 2 is 1.61 bits per heavy atom. The molecule has 0 radical (unpaired) electrons. The molecule has 0 amide bonds. The van der Waals surface area contributed by atoms with E-state index in [1.807, 2.05) is 0 Å². The molecule has 220 valence electrons. The van der Waals surface area contributed by atoms with Gasteiger partial charge in [-0.3, -0.25) is 14.4 Å². The van der Waals surface area contributed by atoms with Gasteiger partial charge in [-0.1, -0.05) is 0 Å². The van der Waals surface area contributed by atoms with Crippen molar-refractivity contribution in [1.29, 1.82) is 0 Å². The number of phenols is 3. The van der Waals surface area contributed by atoms with Crippen molar-refractivity contribution < 1.29 is 64.3 Å². The van der Waals surface area contributed by atoms with Crippen LogP contribution in [0.5, 0.6) is 17.2 Å². The van der Waals surface area contributed by atoms with Crippen LogP contribution in [0.2, 0.25) is 0 Å². The second-order valence-corrected chi connectivity index (χ2v) is 10.0. The molecule has 0 unspecified atom stereocenters. The molecule has 3 aromatic rings. The highest BCUT2D eigenvalue weighted by atomic mass is 16.6. The maximum Gasteiger partial charge on any atom is 0.308 e. The Hall–Kier alpha value is -4.21. The van der Waals surface area contributed by atoms with Gasteiger partial charge in [-0.05, 0) is 31.2 Å². The summed E-state index contributed by atoms with van der Waals surface area (Å²) < 4.78 is 16.6. The van der Waals surface area contributed by atoms with E-state index in [0.717, 1.165) is 19.1 Å². The molecular weight excluding hydrogens is 548 g/mol. The monoisotopic (exact) mass is 576 g/mol. The standard InChI is InChI=1S/C27H28O14/c1-27(38,8-18(32)33)9-19(34)39-10-17-22(35)23(36)24(37)26(41-17)21-14(30)6-13(29)20-15(31)7-16(40-25(20)21)11-2-4-12(28)5-3-11/h2-7,17,22-24,26,28-30,35-38H,8-10H2,1H3,(H,32,33)/t17-,22-,23+,24-,26+,27+/m1/s1. The van der Waals surface area contributed by atoms with E-state index in [1.165, 1.54) is 24.3 Å². The van der Waals surface area contributed by atoms with Crippen molar-refractivity contribution >= 4 is 22.9 Å². The van der Waals surface area contributed by atoms with Crippen LogP contribution in [0.15, 0.2) is 45.6 Å². The molecular formula is C27H28O14. The van der Waals surface area contributed by atoms with E-state index in [0.29, 0.717) is 5.56 Å². The molecule has 14 nitrogen and oxygen atoms in total. The number of aliphatic carboxylic acids is 1. The molecule has 1 aliphatic heterocycles. The maximum atomic E-state index is 13.0. The Labute approximate surface area is 230 Å². The Kier molecular flexibility index (Phi) is 8.24. The number of aromatic hydroxyl groups is 3. The Bertz CT molecular complexity index is 1510. The van der Waals surface area contributed by atoms with Gasteiger partial charge >= 0.3 is 11.9 Å². The Morgan fingerprint density at radius 3 is 2.24 bits per heavy atom. The SMILES string of the molecule is C[C@](O)(CC(=O)O)CC(=O)OC[C@H]1O[C@@H](c2c(O)cc(O)c3c(=O)cc(-c4ccc(O)cc4)oc23)[C@H](O)[C@@H](O)[C@@H]1O. The van der Waals surface area contributed by atoms with E-state index < -0.39 is 90.0 Å². The van der Waals surface area contributed by atoms with E-state index in [4.69, 9.17) is 19.0 Å². The third kappa shape index (κ3) is 6.26. The van der Waals surface area contributed by atoms with E-state index >= 15 is 0 Å². The number of esters is 1. The zero-order valence-corrected chi connectivity index (χ0v) is 21.5. The summed E-state index contributed by atoms with van der Waals surface area (Å²) in [6.07, 6.45) is -10.3. The summed E-state index contributed by atoms with van der Waals surface area (Å²) in [6.45, 7) is 0.395. The van der Waals surface area contributed by atoms with Gasteiger partial charge in [0.15, 0.2) is 11.0 Å². The number of aliphatic hydroxyl groups is 4. The molecule has 4 rings (SSSR count). The number of fused-ring (bicyclic) bond motifs is 1. The van der Waals surface area contributed by atoms with Crippen LogP contribution in [0.4, 0.5) is 0 Å². The molecule has 2 heterocycles. The maximum absolute atomic E-state index is 13.0. The van der Waals surface area contributed by atoms with Gasteiger partial charge < -0.3 is 54.7 Å². The van der Waals surface area contributed by atoms with Crippen LogP contribution in [-0.4, -0.2) is 89.4 Å². The van der Waals surface area contributed by atoms with Crippen molar-refractivity contribution in [3.8, 4) is 28.6 Å². The second-order valence-electron chi connectivity index (χ2n) is 10.0. The molecule has 0 aliphatic carbocycles. The minimum absolute atomic E-state index is 0.0430. The first-order valence-electron chi connectivity index (χ1n) is 12.3. The summed E-state index contributed by atoms with van der Waals surface area (Å²) in [5.74, 6) is -3.86. The fourth-order valence-corrected chi connectivity index (χ4v) is 4.62. The fourth-order valence-electron chi connectivity index (χ4n) is 4.62. The van der Waals surface area contributed by atoms with Crippen molar-refractivity contribution in [3.63, 3.8) is 0 Å². The van der Waals surface area contributed by atoms with Crippen molar-refractivity contribution in [3.05, 3.63) is 52.2 Å². The predicted octanol–water partition coefficient (Wildman–Crippen LogP) is 0.258. The van der Waals surface area contributed by atoms with Gasteiger partial charge in [0.1, 0.15) is 65.5 Å². The highest BCUT2D eigenvalue weighted by Crippen LogP contribution is 2.43. The molecule has 14 heteroatoms. The number of carboxylic acid groups (broad SMARTS) is 1. The highest BCUT2D eigenvalue weighted by molar-refractivity contribution is 5.89. The summed E-state index contributed by atoms with van der Waals surface area (Å²) in [4.78, 5) is 36.1. The average Bonchev–Trinajstić information content (AvgIpc) is 2.86. The van der Waals surface area contributed by atoms with Crippen LogP contribution in [-0.2, 0) is 19.1 Å². The number of carbonyl (C=O) groups is 2. The number of carbonyl (C=O) groups excluding carboxylic acids is 1. The van der Waals surface area contributed by atoms with Gasteiger partial charge in [-0.25, -0.2) is 0 Å². The number of carboxylic acids is 1. The lowest BCUT2D eigenvalue weighted by Crippen LogP contribution is -2.55. The number of benzene rings is 2. The Balaban J connectivity index is 1.69. The molecule has 1 aromatic heterocycles. The van der Waals surface area contributed by atoms with Crippen LogP contribution >= 0.6 is 0 Å². The molecule has 0 bridgehead atoms. The number of phenolic OH excluding ortho intramolecular Hbond substituents is 3. The van der Waals surface area contributed by atoms with E-state index in [2.05, 4.69) is 0 Å². The fraction of sp³-hybridized carbons (Fsp3) is 0.370. The van der Waals surface area contributed by atoms with Crippen LogP contribution in [0, 0.1) is 0 Å². The topological polar surface area (TPSA) is 245 Å². The van der Waals surface area contributed by atoms with Gasteiger partial charge in [0, 0.05) is 17.7 Å². The van der Waals surface area contributed by atoms with Gasteiger partial charge in [0.05, 0.1) is 24.0 Å². The molecule has 8 N–H and O–H groups in total. The molecule has 0 spiro atoms. The summed E-state index contributed by atoms with van der Waals surface area (Å²) in [5, 5.41) is 81.1. The molecule has 2 aromatic carbocycles. The summed E-state index contributed by atoms with van der Waals surface area (Å²) >= 11 is 0. The Morgan fingerprint density at radius 1 is 0.951 bits per heavy atom. The van der Waals surface area contributed by atoms with Crippen LogP contribution in [0.1, 0.15) is 31.4 Å². The van der Waals surface area contributed by atoms with E-state index in [1.54, 1.807) is 0 Å². The smallest absolute Gasteiger partial charge is 0.308 e. The molecule has 1 fully saturated rings. The number of aliphatic hydroxyl groups excluding tert-OH is 3. The highest BCUT2D eigenvalue weighted by Gasteiger charge is 2.47. The number of ether oxygens (including phenoxy) is 2.